The maximum atomic E-state index is 12.5. The van der Waals surface area contributed by atoms with Crippen LogP contribution in [0.15, 0.2) is 64.3 Å². The molecule has 4 nitrogen and oxygen atoms in total. The molecule has 0 bridgehead atoms. The molecule has 0 spiro atoms. The minimum absolute atomic E-state index is 0.290. The number of fused-ring (bicyclic) bond motifs is 1. The second kappa shape index (κ2) is 6.07. The van der Waals surface area contributed by atoms with Gasteiger partial charge in [-0.25, -0.2) is 0 Å². The van der Waals surface area contributed by atoms with Gasteiger partial charge in [0.05, 0.1) is 5.56 Å². The monoisotopic (exact) mass is 310 g/mol. The molecule has 0 aliphatic carbocycles. The zero-order valence-electron chi connectivity index (χ0n) is 11.9. The highest BCUT2D eigenvalue weighted by molar-refractivity contribution is 7.98. The van der Waals surface area contributed by atoms with Crippen molar-refractivity contribution in [3.05, 3.63) is 70.5 Å². The molecule has 0 fully saturated rings. The second-order valence-electron chi connectivity index (χ2n) is 4.78. The van der Waals surface area contributed by atoms with E-state index in [9.17, 15) is 9.59 Å². The van der Waals surface area contributed by atoms with Crippen LogP contribution in [-0.2, 0) is 0 Å². The van der Waals surface area contributed by atoms with E-state index in [2.05, 4.69) is 10.3 Å². The fourth-order valence-corrected chi connectivity index (χ4v) is 2.75. The number of H-pyrrole nitrogens is 1. The molecule has 3 aromatic rings. The molecule has 0 saturated carbocycles. The first-order valence-electron chi connectivity index (χ1n) is 6.75. The van der Waals surface area contributed by atoms with Crippen molar-refractivity contribution in [2.24, 2.45) is 0 Å². The molecule has 5 heteroatoms. The predicted molar refractivity (Wildman–Crippen MR) is 90.7 cm³/mol. The van der Waals surface area contributed by atoms with Gasteiger partial charge >= 0.3 is 0 Å². The van der Waals surface area contributed by atoms with Crippen LogP contribution in [0.3, 0.4) is 0 Å². The first-order chi connectivity index (χ1) is 10.7. The summed E-state index contributed by atoms with van der Waals surface area (Å²) in [6.07, 6.45) is 1.98. The number of aromatic amines is 1. The lowest BCUT2D eigenvalue weighted by molar-refractivity contribution is 0.102. The van der Waals surface area contributed by atoms with E-state index >= 15 is 0 Å². The highest BCUT2D eigenvalue weighted by Crippen LogP contribution is 2.21. The Morgan fingerprint density at radius 2 is 1.91 bits per heavy atom. The highest BCUT2D eigenvalue weighted by Gasteiger charge is 2.12. The Bertz CT molecular complexity index is 902. The smallest absolute Gasteiger partial charge is 0.256 e. The van der Waals surface area contributed by atoms with Crippen LogP contribution in [0.5, 0.6) is 0 Å². The molecule has 22 heavy (non-hydrogen) atoms. The van der Waals surface area contributed by atoms with Gasteiger partial charge in [0, 0.05) is 27.6 Å². The van der Waals surface area contributed by atoms with E-state index in [0.717, 1.165) is 10.3 Å². The number of pyridine rings is 1. The van der Waals surface area contributed by atoms with Crippen molar-refractivity contribution in [2.75, 3.05) is 11.6 Å². The first-order valence-corrected chi connectivity index (χ1v) is 7.97. The van der Waals surface area contributed by atoms with Crippen LogP contribution in [0.25, 0.3) is 10.9 Å². The van der Waals surface area contributed by atoms with Crippen LogP contribution in [0.1, 0.15) is 10.4 Å². The van der Waals surface area contributed by atoms with Gasteiger partial charge in [0.25, 0.3) is 5.91 Å². The van der Waals surface area contributed by atoms with Crippen LogP contribution in [0, 0.1) is 0 Å². The van der Waals surface area contributed by atoms with Crippen molar-refractivity contribution in [1.29, 1.82) is 0 Å². The van der Waals surface area contributed by atoms with E-state index in [1.165, 1.54) is 6.07 Å². The molecule has 0 saturated heterocycles. The molecule has 0 aliphatic rings. The number of aromatic nitrogens is 1. The fourth-order valence-electron chi connectivity index (χ4n) is 2.29. The van der Waals surface area contributed by atoms with Crippen molar-refractivity contribution in [1.82, 2.24) is 4.98 Å². The molecular weight excluding hydrogens is 296 g/mol. The Morgan fingerprint density at radius 1 is 1.09 bits per heavy atom. The van der Waals surface area contributed by atoms with E-state index in [1.54, 1.807) is 17.8 Å². The number of rotatable bonds is 3. The van der Waals surface area contributed by atoms with Gasteiger partial charge in [0.2, 0.25) is 5.56 Å². The predicted octanol–water partition coefficient (Wildman–Crippen LogP) is 3.50. The van der Waals surface area contributed by atoms with Crippen LogP contribution in [-0.4, -0.2) is 17.1 Å². The molecule has 2 N–H and O–H groups in total. The SMILES string of the molecule is CSc1cccc(NC(=O)c2cc(=O)[nH]c3ccccc23)c1. The molecule has 0 atom stereocenters. The number of thioether (sulfide) groups is 1. The van der Waals surface area contributed by atoms with Gasteiger partial charge in [0.1, 0.15) is 0 Å². The Morgan fingerprint density at radius 3 is 2.73 bits per heavy atom. The summed E-state index contributed by atoms with van der Waals surface area (Å²) in [4.78, 5) is 28.0. The molecule has 110 valence electrons. The molecule has 0 aliphatic heterocycles. The Kier molecular flexibility index (Phi) is 3.98. The van der Waals surface area contributed by atoms with Crippen molar-refractivity contribution in [3.63, 3.8) is 0 Å². The maximum Gasteiger partial charge on any atom is 0.256 e. The number of nitrogens with one attached hydrogen (secondary N) is 2. The summed E-state index contributed by atoms with van der Waals surface area (Å²) < 4.78 is 0. The highest BCUT2D eigenvalue weighted by atomic mass is 32.2. The van der Waals surface area contributed by atoms with Gasteiger partial charge in [-0.1, -0.05) is 24.3 Å². The number of para-hydroxylation sites is 1. The maximum absolute atomic E-state index is 12.5. The van der Waals surface area contributed by atoms with Crippen LogP contribution in [0.2, 0.25) is 0 Å². The summed E-state index contributed by atoms with van der Waals surface area (Å²) in [6, 6.07) is 16.2. The van der Waals surface area contributed by atoms with Crippen LogP contribution < -0.4 is 10.9 Å². The number of benzene rings is 2. The molecule has 3 rings (SSSR count). The number of anilines is 1. The third kappa shape index (κ3) is 2.89. The number of amides is 1. The largest absolute Gasteiger partial charge is 0.322 e. The summed E-state index contributed by atoms with van der Waals surface area (Å²) in [5.74, 6) is -0.291. The number of carbonyl (C=O) groups is 1. The minimum Gasteiger partial charge on any atom is -0.322 e. The summed E-state index contributed by atoms with van der Waals surface area (Å²) in [6.45, 7) is 0. The summed E-state index contributed by atoms with van der Waals surface area (Å²) in [5.41, 5.74) is 1.44. The summed E-state index contributed by atoms with van der Waals surface area (Å²) in [7, 11) is 0. The number of carbonyl (C=O) groups excluding carboxylic acids is 1. The van der Waals surface area contributed by atoms with Gasteiger partial charge in [-0.3, -0.25) is 9.59 Å². The summed E-state index contributed by atoms with van der Waals surface area (Å²) >= 11 is 1.60. The Labute approximate surface area is 131 Å². The van der Waals surface area contributed by atoms with Crippen molar-refractivity contribution >= 4 is 34.3 Å². The molecular formula is C17H14N2O2S. The molecule has 1 heterocycles. The number of hydrogen-bond donors (Lipinski definition) is 2. The topological polar surface area (TPSA) is 62.0 Å². The third-order valence-corrected chi connectivity index (χ3v) is 4.05. The normalized spacial score (nSPS) is 10.6. The molecule has 1 amide bonds. The zero-order valence-corrected chi connectivity index (χ0v) is 12.7. The molecule has 0 radical (unpaired) electrons. The standard InChI is InChI=1S/C17H14N2O2S/c1-22-12-6-4-5-11(9-12)18-17(21)14-10-16(20)19-15-8-3-2-7-13(14)15/h2-10H,1H3,(H,18,21)(H,19,20). The Balaban J connectivity index is 2.00. The lowest BCUT2D eigenvalue weighted by Gasteiger charge is -2.08. The second-order valence-corrected chi connectivity index (χ2v) is 5.66. The third-order valence-electron chi connectivity index (χ3n) is 3.32. The van der Waals surface area contributed by atoms with E-state index < -0.39 is 0 Å². The lowest BCUT2D eigenvalue weighted by atomic mass is 10.1. The van der Waals surface area contributed by atoms with E-state index in [4.69, 9.17) is 0 Å². The van der Waals surface area contributed by atoms with Gasteiger partial charge in [-0.2, -0.15) is 0 Å². The van der Waals surface area contributed by atoms with Crippen molar-refractivity contribution < 1.29 is 4.79 Å². The van der Waals surface area contributed by atoms with Crippen LogP contribution in [0.4, 0.5) is 5.69 Å². The average molecular weight is 310 g/mol. The van der Waals surface area contributed by atoms with Gasteiger partial charge in [0.15, 0.2) is 0 Å². The lowest BCUT2D eigenvalue weighted by Crippen LogP contribution is -2.16. The first kappa shape index (κ1) is 14.4. The fraction of sp³-hybridized carbons (Fsp3) is 0.0588. The van der Waals surface area contributed by atoms with Gasteiger partial charge in [-0.05, 0) is 30.5 Å². The zero-order chi connectivity index (χ0) is 15.5. The van der Waals surface area contributed by atoms with E-state index in [-0.39, 0.29) is 11.5 Å². The molecule has 1 aromatic heterocycles. The number of hydrogen-bond acceptors (Lipinski definition) is 3. The minimum atomic E-state index is -0.291. The molecule has 0 unspecified atom stereocenters. The van der Waals surface area contributed by atoms with Crippen LogP contribution >= 0.6 is 11.8 Å². The summed E-state index contributed by atoms with van der Waals surface area (Å²) in [5, 5.41) is 3.57. The van der Waals surface area contributed by atoms with E-state index in [0.29, 0.717) is 16.8 Å². The van der Waals surface area contributed by atoms with Gasteiger partial charge in [-0.15, -0.1) is 11.8 Å². The molecule has 2 aromatic carbocycles. The quantitative estimate of drug-likeness (QED) is 0.728. The van der Waals surface area contributed by atoms with E-state index in [1.807, 2.05) is 48.7 Å². The van der Waals surface area contributed by atoms with Gasteiger partial charge < -0.3 is 10.3 Å². The van der Waals surface area contributed by atoms with Crippen molar-refractivity contribution in [3.8, 4) is 0 Å². The Hall–Kier alpha value is -2.53. The van der Waals surface area contributed by atoms with Crippen molar-refractivity contribution in [2.45, 2.75) is 4.90 Å². The average Bonchev–Trinajstić information content (AvgIpc) is 2.54.